The van der Waals surface area contributed by atoms with Crippen LogP contribution >= 0.6 is 0 Å². The van der Waals surface area contributed by atoms with Gasteiger partial charge in [-0.15, -0.1) is 0 Å². The van der Waals surface area contributed by atoms with Crippen LogP contribution in [0, 0.1) is 5.92 Å². The average Bonchev–Trinajstić information content (AvgIpc) is 2.33. The highest BCUT2D eigenvalue weighted by Crippen LogP contribution is 2.27. The molecule has 0 bridgehead atoms. The van der Waals surface area contributed by atoms with E-state index < -0.39 is 0 Å². The Morgan fingerprint density at radius 1 is 1.38 bits per heavy atom. The van der Waals surface area contributed by atoms with Crippen molar-refractivity contribution in [3.63, 3.8) is 0 Å². The lowest BCUT2D eigenvalue weighted by Crippen LogP contribution is -2.22. The molecule has 0 unspecified atom stereocenters. The summed E-state index contributed by atoms with van der Waals surface area (Å²) in [6, 6.07) is 3.37. The van der Waals surface area contributed by atoms with Gasteiger partial charge in [-0.3, -0.25) is 4.79 Å². The first-order chi connectivity index (χ1) is 7.78. The van der Waals surface area contributed by atoms with E-state index in [1.807, 2.05) is 6.07 Å². The van der Waals surface area contributed by atoms with Crippen molar-refractivity contribution in [2.45, 2.75) is 38.2 Å². The number of nitrogens with one attached hydrogen (secondary N) is 1. The maximum absolute atomic E-state index is 10.9. The van der Waals surface area contributed by atoms with E-state index in [0.29, 0.717) is 12.0 Å². The topological polar surface area (TPSA) is 55.0 Å². The lowest BCUT2D eigenvalue weighted by molar-refractivity contribution is 0.0567. The number of aromatic nitrogens is 2. The van der Waals surface area contributed by atoms with Crippen LogP contribution in [0.1, 0.15) is 31.4 Å². The van der Waals surface area contributed by atoms with Crippen molar-refractivity contribution < 1.29 is 4.74 Å². The van der Waals surface area contributed by atoms with Gasteiger partial charge in [-0.2, -0.15) is 5.10 Å². The summed E-state index contributed by atoms with van der Waals surface area (Å²) in [6.07, 6.45) is 6.08. The first kappa shape index (κ1) is 11.3. The zero-order chi connectivity index (χ0) is 11.4. The number of H-pyrrole nitrogens is 1. The zero-order valence-electron chi connectivity index (χ0n) is 9.61. The summed E-state index contributed by atoms with van der Waals surface area (Å²) in [5.74, 6) is 0.685. The largest absolute Gasteiger partial charge is 0.381 e. The Labute approximate surface area is 95.0 Å². The molecular formula is C12H18N2O2. The summed E-state index contributed by atoms with van der Waals surface area (Å²) < 4.78 is 5.34. The van der Waals surface area contributed by atoms with E-state index in [9.17, 15) is 4.79 Å². The molecule has 0 atom stereocenters. The Balaban J connectivity index is 1.87. The minimum absolute atomic E-state index is 0.133. The van der Waals surface area contributed by atoms with Crippen LogP contribution in [0.15, 0.2) is 16.9 Å². The molecule has 0 spiro atoms. The van der Waals surface area contributed by atoms with Crippen molar-refractivity contribution in [3.05, 3.63) is 28.2 Å². The molecule has 4 nitrogen and oxygen atoms in total. The van der Waals surface area contributed by atoms with E-state index in [4.69, 9.17) is 4.74 Å². The second-order valence-electron chi connectivity index (χ2n) is 4.50. The minimum Gasteiger partial charge on any atom is -0.381 e. The molecule has 1 heterocycles. The SMILES string of the molecule is COC1CCC(Cc2ccc(=O)[nH]n2)CC1. The molecule has 2 rings (SSSR count). The number of hydrogen-bond acceptors (Lipinski definition) is 3. The predicted molar refractivity (Wildman–Crippen MR) is 61.3 cm³/mol. The Kier molecular flexibility index (Phi) is 3.72. The molecule has 1 aromatic heterocycles. The van der Waals surface area contributed by atoms with Crippen LogP contribution in [0.4, 0.5) is 0 Å². The second-order valence-corrected chi connectivity index (χ2v) is 4.50. The molecule has 4 heteroatoms. The molecule has 0 amide bonds. The highest BCUT2D eigenvalue weighted by Gasteiger charge is 2.21. The second kappa shape index (κ2) is 5.25. The van der Waals surface area contributed by atoms with Crippen LogP contribution in [0.2, 0.25) is 0 Å². The van der Waals surface area contributed by atoms with Gasteiger partial charge in [0, 0.05) is 13.2 Å². The monoisotopic (exact) mass is 222 g/mol. The summed E-state index contributed by atoms with van der Waals surface area (Å²) in [5.41, 5.74) is 0.854. The van der Waals surface area contributed by atoms with Crippen LogP contribution in [-0.2, 0) is 11.2 Å². The van der Waals surface area contributed by atoms with Gasteiger partial charge in [0.05, 0.1) is 11.8 Å². The third-order valence-electron chi connectivity index (χ3n) is 3.36. The maximum Gasteiger partial charge on any atom is 0.264 e. The molecule has 0 aromatic carbocycles. The van der Waals surface area contributed by atoms with Crippen molar-refractivity contribution in [1.82, 2.24) is 10.2 Å². The van der Waals surface area contributed by atoms with Crippen molar-refractivity contribution >= 4 is 0 Å². The molecule has 88 valence electrons. The fourth-order valence-corrected chi connectivity index (χ4v) is 2.35. The lowest BCUT2D eigenvalue weighted by Gasteiger charge is -2.27. The van der Waals surface area contributed by atoms with Gasteiger partial charge < -0.3 is 4.74 Å². The van der Waals surface area contributed by atoms with Gasteiger partial charge in [0.2, 0.25) is 0 Å². The number of ether oxygens (including phenoxy) is 1. The van der Waals surface area contributed by atoms with Crippen LogP contribution in [-0.4, -0.2) is 23.4 Å². The van der Waals surface area contributed by atoms with Gasteiger partial charge in [0.25, 0.3) is 5.56 Å². The lowest BCUT2D eigenvalue weighted by atomic mass is 9.84. The molecule has 0 radical (unpaired) electrons. The summed E-state index contributed by atoms with van der Waals surface area (Å²) in [4.78, 5) is 10.9. The highest BCUT2D eigenvalue weighted by atomic mass is 16.5. The standard InChI is InChI=1S/C12H18N2O2/c1-16-11-5-2-9(3-6-11)8-10-4-7-12(15)14-13-10/h4,7,9,11H,2-3,5-6,8H2,1H3,(H,14,15). The van der Waals surface area contributed by atoms with E-state index in [-0.39, 0.29) is 5.56 Å². The van der Waals surface area contributed by atoms with E-state index >= 15 is 0 Å². The molecule has 1 fully saturated rings. The smallest absolute Gasteiger partial charge is 0.264 e. The zero-order valence-corrected chi connectivity index (χ0v) is 9.61. The molecular weight excluding hydrogens is 204 g/mol. The van der Waals surface area contributed by atoms with Crippen LogP contribution in [0.5, 0.6) is 0 Å². The fraction of sp³-hybridized carbons (Fsp3) is 0.667. The average molecular weight is 222 g/mol. The van der Waals surface area contributed by atoms with Crippen molar-refractivity contribution in [2.75, 3.05) is 7.11 Å². The number of methoxy groups -OCH3 is 1. The van der Waals surface area contributed by atoms with Gasteiger partial charge in [-0.05, 0) is 44.1 Å². The third kappa shape index (κ3) is 2.92. The van der Waals surface area contributed by atoms with Crippen LogP contribution < -0.4 is 5.56 Å². The van der Waals surface area contributed by atoms with E-state index in [1.165, 1.54) is 12.8 Å². The summed E-state index contributed by atoms with van der Waals surface area (Å²) in [6.45, 7) is 0. The first-order valence-electron chi connectivity index (χ1n) is 5.85. The van der Waals surface area contributed by atoms with Crippen LogP contribution in [0.3, 0.4) is 0 Å². The maximum atomic E-state index is 10.9. The van der Waals surface area contributed by atoms with Crippen molar-refractivity contribution in [2.24, 2.45) is 5.92 Å². The highest BCUT2D eigenvalue weighted by molar-refractivity contribution is 5.01. The van der Waals surface area contributed by atoms with Gasteiger partial charge in [-0.25, -0.2) is 5.10 Å². The Hall–Kier alpha value is -1.16. The molecule has 1 aromatic rings. The van der Waals surface area contributed by atoms with E-state index in [2.05, 4.69) is 10.2 Å². The number of aromatic amines is 1. The summed E-state index contributed by atoms with van der Waals surface area (Å²) in [7, 11) is 1.79. The van der Waals surface area contributed by atoms with Gasteiger partial charge in [-0.1, -0.05) is 0 Å². The quantitative estimate of drug-likeness (QED) is 0.843. The Morgan fingerprint density at radius 3 is 2.69 bits per heavy atom. The number of nitrogens with zero attached hydrogens (tertiary/aromatic N) is 1. The number of hydrogen-bond donors (Lipinski definition) is 1. The third-order valence-corrected chi connectivity index (χ3v) is 3.36. The molecule has 0 saturated heterocycles. The summed E-state index contributed by atoms with van der Waals surface area (Å²) in [5, 5.41) is 6.52. The molecule has 16 heavy (non-hydrogen) atoms. The van der Waals surface area contributed by atoms with Gasteiger partial charge >= 0.3 is 0 Å². The van der Waals surface area contributed by atoms with Gasteiger partial charge in [0.15, 0.2) is 0 Å². The number of rotatable bonds is 3. The van der Waals surface area contributed by atoms with Crippen molar-refractivity contribution in [3.8, 4) is 0 Å². The Morgan fingerprint density at radius 2 is 2.12 bits per heavy atom. The van der Waals surface area contributed by atoms with Gasteiger partial charge in [0.1, 0.15) is 0 Å². The fourth-order valence-electron chi connectivity index (χ4n) is 2.35. The minimum atomic E-state index is -0.133. The molecule has 1 aliphatic rings. The normalized spacial score (nSPS) is 25.6. The van der Waals surface area contributed by atoms with Crippen LogP contribution in [0.25, 0.3) is 0 Å². The molecule has 1 aliphatic carbocycles. The Bertz CT molecular complexity index is 360. The first-order valence-corrected chi connectivity index (χ1v) is 5.85. The molecule has 0 aliphatic heterocycles. The molecule has 1 saturated carbocycles. The van der Waals surface area contributed by atoms with Crippen molar-refractivity contribution in [1.29, 1.82) is 0 Å². The molecule has 1 N–H and O–H groups in total. The van der Waals surface area contributed by atoms with E-state index in [0.717, 1.165) is 25.0 Å². The summed E-state index contributed by atoms with van der Waals surface area (Å²) >= 11 is 0. The predicted octanol–water partition coefficient (Wildman–Crippen LogP) is 1.52. The van der Waals surface area contributed by atoms with E-state index in [1.54, 1.807) is 13.2 Å².